The third-order valence-electron chi connectivity index (χ3n) is 10.4. The van der Waals surface area contributed by atoms with E-state index in [1.54, 1.807) is 18.5 Å². The van der Waals surface area contributed by atoms with Gasteiger partial charge >= 0.3 is 0 Å². The van der Waals surface area contributed by atoms with E-state index >= 15 is 4.79 Å². The molecule has 254 valence electrons. The zero-order valence-electron chi connectivity index (χ0n) is 29.1. The Morgan fingerprint density at radius 1 is 0.407 bits per heavy atom. The number of pyridine rings is 1. The maximum atomic E-state index is 15.4. The number of hydrogen-bond acceptors (Lipinski definition) is 3. The quantitative estimate of drug-likeness (QED) is 0.163. The molecule has 0 fully saturated rings. The number of benzene rings is 7. The summed E-state index contributed by atoms with van der Waals surface area (Å²) >= 11 is 0. The zero-order valence-corrected chi connectivity index (χ0v) is 29.1. The second kappa shape index (κ2) is 12.7. The molecule has 10 rings (SSSR count). The van der Waals surface area contributed by atoms with E-state index in [-0.39, 0.29) is 11.8 Å². The van der Waals surface area contributed by atoms with Crippen LogP contribution in [0, 0.1) is 0 Å². The van der Waals surface area contributed by atoms with Crippen LogP contribution in [0.25, 0.3) is 72.0 Å². The molecule has 5 heteroatoms. The molecular weight excluding hydrogens is 663 g/mol. The molecule has 0 saturated heterocycles. The van der Waals surface area contributed by atoms with Gasteiger partial charge in [0.25, 0.3) is 11.8 Å². The van der Waals surface area contributed by atoms with Crippen molar-refractivity contribution < 1.29 is 9.59 Å². The lowest BCUT2D eigenvalue weighted by Crippen LogP contribution is -2.30. The fourth-order valence-corrected chi connectivity index (χ4v) is 8.04. The van der Waals surface area contributed by atoms with Crippen LogP contribution in [-0.2, 0) is 0 Å². The molecule has 0 bridgehead atoms. The second-order valence-electron chi connectivity index (χ2n) is 13.5. The van der Waals surface area contributed by atoms with Gasteiger partial charge < -0.3 is 4.57 Å². The van der Waals surface area contributed by atoms with E-state index in [2.05, 4.69) is 64.1 Å². The number of imide groups is 1. The molecular formula is C49H31N3O2. The summed E-state index contributed by atoms with van der Waals surface area (Å²) in [7, 11) is 0. The van der Waals surface area contributed by atoms with Crippen molar-refractivity contribution in [1.29, 1.82) is 0 Å². The molecule has 0 N–H and O–H groups in total. The summed E-state index contributed by atoms with van der Waals surface area (Å²) in [5.74, 6) is -0.714. The Hall–Kier alpha value is -7.37. The molecule has 5 nitrogen and oxygen atoms in total. The predicted octanol–water partition coefficient (Wildman–Crippen LogP) is 11.6. The minimum atomic E-state index is -0.361. The second-order valence-corrected chi connectivity index (χ2v) is 13.5. The average Bonchev–Trinajstić information content (AvgIpc) is 3.72. The first-order valence-corrected chi connectivity index (χ1v) is 18.0. The highest BCUT2D eigenvalue weighted by molar-refractivity contribution is 6.37. The van der Waals surface area contributed by atoms with Crippen molar-refractivity contribution in [2.24, 2.45) is 0 Å². The minimum absolute atomic E-state index is 0.353. The maximum Gasteiger partial charge on any atom is 0.268 e. The summed E-state index contributed by atoms with van der Waals surface area (Å²) < 4.78 is 2.16. The Balaban J connectivity index is 1.25. The number of hydrogen-bond donors (Lipinski definition) is 0. The van der Waals surface area contributed by atoms with Gasteiger partial charge in [-0.05, 0) is 70.3 Å². The normalized spacial score (nSPS) is 12.5. The lowest BCUT2D eigenvalue weighted by Gasteiger charge is -2.24. The minimum Gasteiger partial charge on any atom is -0.308 e. The topological polar surface area (TPSA) is 55.2 Å². The van der Waals surface area contributed by atoms with Gasteiger partial charge in [0.15, 0.2) is 0 Å². The number of carbonyl (C=O) groups is 2. The van der Waals surface area contributed by atoms with E-state index in [1.807, 2.05) is 115 Å². The summed E-state index contributed by atoms with van der Waals surface area (Å²) in [4.78, 5) is 36.0. The number of amides is 2. The van der Waals surface area contributed by atoms with Crippen molar-refractivity contribution in [2.45, 2.75) is 0 Å². The highest BCUT2D eigenvalue weighted by Gasteiger charge is 2.42. The standard InChI is InChI=1S/C49H31N3O2/c53-48-40-23-13-25-44(51-43-24-11-10-20-38(43)39-22-12-21-37(46(39)51)35-26-28-50-29-27-35)45(40)49(54)52(48)47-41(33-16-6-2-7-17-33)30-36(32-14-4-1-5-15-32)31-42(47)34-18-8-3-9-19-34/h1-31H. The molecule has 3 heterocycles. The van der Waals surface area contributed by atoms with Crippen molar-refractivity contribution >= 4 is 39.3 Å². The number of nitrogens with zero attached hydrogens (tertiary/aromatic N) is 3. The van der Waals surface area contributed by atoms with Gasteiger partial charge in [0, 0.05) is 39.9 Å². The van der Waals surface area contributed by atoms with Crippen LogP contribution < -0.4 is 4.90 Å². The molecule has 2 aromatic heterocycles. The van der Waals surface area contributed by atoms with Crippen molar-refractivity contribution in [2.75, 3.05) is 4.90 Å². The Morgan fingerprint density at radius 3 is 1.61 bits per heavy atom. The molecule has 1 aliphatic rings. The molecule has 7 aromatic carbocycles. The van der Waals surface area contributed by atoms with Crippen molar-refractivity contribution in [3.8, 4) is 50.2 Å². The van der Waals surface area contributed by atoms with E-state index < -0.39 is 0 Å². The van der Waals surface area contributed by atoms with Crippen molar-refractivity contribution in [3.05, 3.63) is 199 Å². The molecule has 0 spiro atoms. The Labute approximate surface area is 312 Å². The molecule has 2 amide bonds. The van der Waals surface area contributed by atoms with Crippen LogP contribution in [0.2, 0.25) is 0 Å². The number of carbonyl (C=O) groups excluding carboxylic acids is 2. The number of para-hydroxylation sites is 2. The predicted molar refractivity (Wildman–Crippen MR) is 218 cm³/mol. The molecule has 0 radical (unpaired) electrons. The van der Waals surface area contributed by atoms with E-state index in [4.69, 9.17) is 0 Å². The largest absolute Gasteiger partial charge is 0.308 e. The highest BCUT2D eigenvalue weighted by atomic mass is 16.2. The third kappa shape index (κ3) is 4.90. The van der Waals surface area contributed by atoms with E-state index in [9.17, 15) is 4.79 Å². The lowest BCUT2D eigenvalue weighted by atomic mass is 9.90. The van der Waals surface area contributed by atoms with Crippen LogP contribution in [0.3, 0.4) is 0 Å². The van der Waals surface area contributed by atoms with E-state index in [1.165, 1.54) is 4.90 Å². The smallest absolute Gasteiger partial charge is 0.268 e. The van der Waals surface area contributed by atoms with Crippen LogP contribution in [0.4, 0.5) is 5.69 Å². The highest BCUT2D eigenvalue weighted by Crippen LogP contribution is 2.47. The van der Waals surface area contributed by atoms with Gasteiger partial charge in [-0.2, -0.15) is 0 Å². The van der Waals surface area contributed by atoms with Crippen LogP contribution in [0.1, 0.15) is 20.7 Å². The molecule has 1 aliphatic heterocycles. The van der Waals surface area contributed by atoms with Crippen LogP contribution in [0.5, 0.6) is 0 Å². The zero-order chi connectivity index (χ0) is 36.2. The van der Waals surface area contributed by atoms with E-state index in [0.717, 1.165) is 66.3 Å². The SMILES string of the molecule is O=C1c2cccc(-n3c4ccccc4c4cccc(-c5ccncc5)c43)c2C(=O)N1c1c(-c2ccccc2)cc(-c2ccccc2)cc1-c1ccccc1. The number of rotatable bonds is 6. The van der Waals surface area contributed by atoms with Gasteiger partial charge in [-0.3, -0.25) is 14.6 Å². The summed E-state index contributed by atoms with van der Waals surface area (Å²) in [6, 6.07) is 58.6. The van der Waals surface area contributed by atoms with Crippen LogP contribution >= 0.6 is 0 Å². The monoisotopic (exact) mass is 693 g/mol. The molecule has 9 aromatic rings. The fourth-order valence-electron chi connectivity index (χ4n) is 8.04. The fraction of sp³-hybridized carbons (Fsp3) is 0. The average molecular weight is 694 g/mol. The van der Waals surface area contributed by atoms with Gasteiger partial charge in [-0.15, -0.1) is 0 Å². The van der Waals surface area contributed by atoms with Gasteiger partial charge in [0.05, 0.1) is 33.5 Å². The number of aromatic nitrogens is 2. The molecule has 0 aliphatic carbocycles. The van der Waals surface area contributed by atoms with Gasteiger partial charge in [-0.25, -0.2) is 4.90 Å². The van der Waals surface area contributed by atoms with Crippen LogP contribution in [-0.4, -0.2) is 21.4 Å². The summed E-state index contributed by atoms with van der Waals surface area (Å²) in [6.07, 6.45) is 3.58. The maximum absolute atomic E-state index is 15.4. The van der Waals surface area contributed by atoms with Gasteiger partial charge in [0.2, 0.25) is 0 Å². The molecule has 54 heavy (non-hydrogen) atoms. The molecule has 0 atom stereocenters. The Kier molecular flexibility index (Phi) is 7.37. The summed E-state index contributed by atoms with van der Waals surface area (Å²) in [5.41, 5.74) is 11.3. The number of anilines is 1. The lowest BCUT2D eigenvalue weighted by molar-refractivity contribution is 0.0926. The molecule has 0 unspecified atom stereocenters. The Bertz CT molecular complexity index is 2840. The number of fused-ring (bicyclic) bond motifs is 4. The Morgan fingerprint density at radius 2 is 0.944 bits per heavy atom. The summed E-state index contributed by atoms with van der Waals surface area (Å²) in [6.45, 7) is 0. The first-order valence-electron chi connectivity index (χ1n) is 18.0. The van der Waals surface area contributed by atoms with Crippen molar-refractivity contribution in [1.82, 2.24) is 9.55 Å². The van der Waals surface area contributed by atoms with Gasteiger partial charge in [-0.1, -0.05) is 133 Å². The summed E-state index contributed by atoms with van der Waals surface area (Å²) in [5, 5.41) is 2.12. The van der Waals surface area contributed by atoms with Gasteiger partial charge in [0.1, 0.15) is 0 Å². The van der Waals surface area contributed by atoms with Crippen molar-refractivity contribution in [3.63, 3.8) is 0 Å². The van der Waals surface area contributed by atoms with E-state index in [0.29, 0.717) is 22.5 Å². The van der Waals surface area contributed by atoms with Crippen LogP contribution in [0.15, 0.2) is 188 Å². The third-order valence-corrected chi connectivity index (χ3v) is 10.4. The first kappa shape index (κ1) is 31.4. The first-order chi connectivity index (χ1) is 26.7. The molecule has 0 saturated carbocycles.